The average Bonchev–Trinajstić information content (AvgIpc) is 2.93. The first kappa shape index (κ1) is 20.6. The fraction of sp³-hybridized carbons (Fsp3) is 0.500. The monoisotopic (exact) mass is 400 g/mol. The third-order valence-corrected chi connectivity index (χ3v) is 6.44. The minimum absolute atomic E-state index is 0.116. The van der Waals surface area contributed by atoms with Crippen molar-refractivity contribution in [3.8, 4) is 6.07 Å². The van der Waals surface area contributed by atoms with E-state index >= 15 is 0 Å². The second-order valence-electron chi connectivity index (χ2n) is 8.70. The number of likely N-dealkylation sites (tertiary alicyclic amines) is 1. The average molecular weight is 401 g/mol. The molecule has 0 aliphatic carbocycles. The van der Waals surface area contributed by atoms with Crippen LogP contribution in [0.4, 0.5) is 4.79 Å². The standard InChI is InChI=1S/C22H26ClN3O2/c1-21(2,3)22(26(20(27)28)12-6-4-5-7-13-26)18(10-11-25-22)17-9-8-16(15-24)14-19(17)23/h8-11,14H,4-7,12-13H2,1-3H3/p+1. The molecule has 5 nitrogen and oxygen atoms in total. The van der Waals surface area contributed by atoms with Crippen LogP contribution in [0.25, 0.3) is 5.57 Å². The van der Waals surface area contributed by atoms with Crippen molar-refractivity contribution in [2.75, 3.05) is 13.1 Å². The molecule has 1 aromatic carbocycles. The van der Waals surface area contributed by atoms with Gasteiger partial charge in [-0.05, 0) is 43.9 Å². The highest BCUT2D eigenvalue weighted by Crippen LogP contribution is 2.54. The Morgan fingerprint density at radius 1 is 1.25 bits per heavy atom. The number of hydrogen-bond acceptors (Lipinski definition) is 3. The maximum Gasteiger partial charge on any atom is 0.515 e. The van der Waals surface area contributed by atoms with E-state index in [0.29, 0.717) is 23.7 Å². The Labute approximate surface area is 171 Å². The quantitative estimate of drug-likeness (QED) is 0.667. The van der Waals surface area contributed by atoms with Gasteiger partial charge in [0.15, 0.2) is 0 Å². The SMILES string of the molecule is CC(C)(C)C1([N+]2(C(=O)O)CCCCCC2)N=CC=C1c1ccc(C#N)cc1Cl. The largest absolute Gasteiger partial charge is 0.515 e. The number of quaternary nitrogens is 1. The third-order valence-electron chi connectivity index (χ3n) is 6.13. The van der Waals surface area contributed by atoms with Crippen molar-refractivity contribution in [1.29, 1.82) is 5.26 Å². The molecule has 1 aromatic rings. The number of aliphatic imine (C=N–C) groups is 1. The molecule has 0 radical (unpaired) electrons. The topological polar surface area (TPSA) is 73.4 Å². The lowest BCUT2D eigenvalue weighted by Crippen LogP contribution is -2.71. The van der Waals surface area contributed by atoms with Gasteiger partial charge < -0.3 is 5.11 Å². The van der Waals surface area contributed by atoms with E-state index < -0.39 is 17.2 Å². The van der Waals surface area contributed by atoms with Crippen LogP contribution in [0.1, 0.15) is 57.6 Å². The second-order valence-corrected chi connectivity index (χ2v) is 9.11. The normalized spacial score (nSPS) is 24.3. The predicted molar refractivity (Wildman–Crippen MR) is 111 cm³/mol. The van der Waals surface area contributed by atoms with E-state index in [0.717, 1.165) is 36.8 Å². The number of rotatable bonds is 2. The first-order valence-electron chi connectivity index (χ1n) is 9.76. The molecule has 28 heavy (non-hydrogen) atoms. The van der Waals surface area contributed by atoms with Crippen LogP contribution in [0.5, 0.6) is 0 Å². The molecule has 0 bridgehead atoms. The molecule has 0 saturated carbocycles. The molecule has 1 unspecified atom stereocenters. The van der Waals surface area contributed by atoms with Gasteiger partial charge in [0.1, 0.15) is 0 Å². The van der Waals surface area contributed by atoms with Crippen molar-refractivity contribution in [2.45, 2.75) is 52.1 Å². The second kappa shape index (κ2) is 7.35. The van der Waals surface area contributed by atoms with E-state index in [4.69, 9.17) is 16.6 Å². The summed E-state index contributed by atoms with van der Waals surface area (Å²) in [4.78, 5) is 17.7. The van der Waals surface area contributed by atoms with Gasteiger partial charge in [0.05, 0.1) is 24.7 Å². The summed E-state index contributed by atoms with van der Waals surface area (Å²) in [6, 6.07) is 7.28. The van der Waals surface area contributed by atoms with Crippen molar-refractivity contribution in [2.24, 2.45) is 10.4 Å². The molecule has 3 rings (SSSR count). The van der Waals surface area contributed by atoms with Crippen molar-refractivity contribution in [3.05, 3.63) is 40.4 Å². The number of amides is 1. The fourth-order valence-corrected chi connectivity index (χ4v) is 5.23. The summed E-state index contributed by atoms with van der Waals surface area (Å²) in [5.41, 5.74) is 0.591. The van der Waals surface area contributed by atoms with Gasteiger partial charge in [0.25, 0.3) is 0 Å². The Morgan fingerprint density at radius 2 is 1.89 bits per heavy atom. The highest BCUT2D eigenvalue weighted by molar-refractivity contribution is 6.32. The summed E-state index contributed by atoms with van der Waals surface area (Å²) in [6.45, 7) is 7.23. The Bertz CT molecular complexity index is 884. The van der Waals surface area contributed by atoms with Gasteiger partial charge in [-0.15, -0.1) is 0 Å². The van der Waals surface area contributed by atoms with Crippen LogP contribution in [0.2, 0.25) is 5.02 Å². The smallest absolute Gasteiger partial charge is 0.435 e. The summed E-state index contributed by atoms with van der Waals surface area (Å²) in [5, 5.41) is 20.1. The van der Waals surface area contributed by atoms with Gasteiger partial charge in [0.2, 0.25) is 5.66 Å². The highest BCUT2D eigenvalue weighted by atomic mass is 35.5. The van der Waals surface area contributed by atoms with Crippen LogP contribution in [0.15, 0.2) is 29.3 Å². The van der Waals surface area contributed by atoms with Gasteiger partial charge in [-0.25, -0.2) is 4.99 Å². The van der Waals surface area contributed by atoms with Crippen molar-refractivity contribution in [1.82, 2.24) is 0 Å². The van der Waals surface area contributed by atoms with Crippen LogP contribution in [0, 0.1) is 16.7 Å². The van der Waals surface area contributed by atoms with Crippen LogP contribution >= 0.6 is 11.6 Å². The van der Waals surface area contributed by atoms with Gasteiger partial charge in [-0.3, -0.25) is 0 Å². The van der Waals surface area contributed by atoms with E-state index in [2.05, 4.69) is 26.8 Å². The summed E-state index contributed by atoms with van der Waals surface area (Å²) in [7, 11) is 0. The molecule has 2 heterocycles. The van der Waals surface area contributed by atoms with Crippen LogP contribution in [-0.2, 0) is 0 Å². The lowest BCUT2D eigenvalue weighted by molar-refractivity contribution is -0.906. The first-order valence-corrected chi connectivity index (χ1v) is 10.1. The summed E-state index contributed by atoms with van der Waals surface area (Å²) < 4.78 is -0.116. The minimum atomic E-state index is -0.985. The van der Waals surface area contributed by atoms with Gasteiger partial charge >= 0.3 is 6.09 Å². The molecule has 1 atom stereocenters. The molecular weight excluding hydrogens is 374 g/mol. The number of carbonyl (C=O) groups is 1. The number of carboxylic acid groups (broad SMARTS) is 1. The number of halogens is 1. The van der Waals surface area contributed by atoms with Crippen molar-refractivity contribution < 1.29 is 14.4 Å². The maximum atomic E-state index is 12.8. The number of nitrogens with zero attached hydrogens (tertiary/aromatic N) is 3. The molecule has 0 spiro atoms. The number of benzene rings is 1. The molecule has 2 aliphatic heterocycles. The van der Waals surface area contributed by atoms with Crippen LogP contribution in [0.3, 0.4) is 0 Å². The molecule has 1 amide bonds. The maximum absolute atomic E-state index is 12.8. The first-order chi connectivity index (χ1) is 13.2. The highest BCUT2D eigenvalue weighted by Gasteiger charge is 2.66. The summed E-state index contributed by atoms with van der Waals surface area (Å²) in [6.07, 6.45) is 6.56. The van der Waals surface area contributed by atoms with E-state index in [1.54, 1.807) is 18.3 Å². The summed E-state index contributed by atoms with van der Waals surface area (Å²) in [5.74, 6) is 0. The number of nitriles is 1. The van der Waals surface area contributed by atoms with Crippen molar-refractivity contribution >= 4 is 29.5 Å². The van der Waals surface area contributed by atoms with Crippen molar-refractivity contribution in [3.63, 3.8) is 0 Å². The Morgan fingerprint density at radius 3 is 2.39 bits per heavy atom. The zero-order chi connectivity index (χ0) is 20.6. The van der Waals surface area contributed by atoms with Gasteiger partial charge in [0, 0.05) is 27.8 Å². The molecule has 1 saturated heterocycles. The van der Waals surface area contributed by atoms with Crippen LogP contribution < -0.4 is 0 Å². The lowest BCUT2D eigenvalue weighted by Gasteiger charge is -2.52. The molecule has 1 fully saturated rings. The predicted octanol–water partition coefficient (Wildman–Crippen LogP) is 5.49. The fourth-order valence-electron chi connectivity index (χ4n) is 4.95. The molecule has 1 N–H and O–H groups in total. The van der Waals surface area contributed by atoms with E-state index in [-0.39, 0.29) is 4.48 Å². The lowest BCUT2D eigenvalue weighted by atomic mass is 9.71. The Balaban J connectivity index is 2.27. The zero-order valence-corrected chi connectivity index (χ0v) is 17.5. The van der Waals surface area contributed by atoms with E-state index in [1.165, 1.54) is 0 Å². The zero-order valence-electron chi connectivity index (χ0n) is 16.7. The number of allylic oxidation sites excluding steroid dienone is 1. The Kier molecular flexibility index (Phi) is 5.40. The molecule has 148 valence electrons. The molecule has 6 heteroatoms. The third kappa shape index (κ3) is 2.96. The van der Waals surface area contributed by atoms with E-state index in [1.807, 2.05) is 12.1 Å². The molecule has 2 aliphatic rings. The van der Waals surface area contributed by atoms with Gasteiger partial charge in [-0.2, -0.15) is 14.5 Å². The molecular formula is C22H27ClN3O2+. The summed E-state index contributed by atoms with van der Waals surface area (Å²) >= 11 is 6.56. The molecule has 0 aromatic heterocycles. The van der Waals surface area contributed by atoms with E-state index in [9.17, 15) is 15.2 Å². The number of hydrogen-bond donors (Lipinski definition) is 1. The van der Waals surface area contributed by atoms with Gasteiger partial charge in [-0.1, -0.05) is 38.4 Å². The Hall–Kier alpha value is -2.16. The van der Waals surface area contributed by atoms with Crippen LogP contribution in [-0.4, -0.2) is 40.6 Å². The minimum Gasteiger partial charge on any atom is -0.435 e.